The Morgan fingerprint density at radius 3 is 2.65 bits per heavy atom. The van der Waals surface area contributed by atoms with Crippen molar-refractivity contribution in [1.82, 2.24) is 4.98 Å². The second kappa shape index (κ2) is 6.04. The number of fused-ring (bicyclic) bond motifs is 1. The lowest BCUT2D eigenvalue weighted by Crippen LogP contribution is -2.16. The van der Waals surface area contributed by atoms with Crippen LogP contribution in [0.1, 0.15) is 30.4 Å². The number of carbonyl (C=O) groups is 1. The molecule has 0 saturated carbocycles. The van der Waals surface area contributed by atoms with Gasteiger partial charge in [0.15, 0.2) is 11.3 Å². The van der Waals surface area contributed by atoms with Crippen LogP contribution in [0.4, 0.5) is 0 Å². The third-order valence-corrected chi connectivity index (χ3v) is 3.71. The van der Waals surface area contributed by atoms with Crippen LogP contribution in [0.25, 0.3) is 11.1 Å². The molecule has 0 unspecified atom stereocenters. The number of nitrogens with zero attached hydrogens (tertiary/aromatic N) is 1. The summed E-state index contributed by atoms with van der Waals surface area (Å²) < 4.78 is 5.27. The topological polar surface area (TPSA) is 80.4 Å². The highest BCUT2D eigenvalue weighted by molar-refractivity contribution is 5.81. The second-order valence-corrected chi connectivity index (χ2v) is 5.37. The van der Waals surface area contributed by atoms with Gasteiger partial charge in [0.2, 0.25) is 0 Å². The van der Waals surface area contributed by atoms with Crippen molar-refractivity contribution in [2.24, 2.45) is 0 Å². The van der Waals surface area contributed by atoms with Crippen LogP contribution < -0.4 is 5.63 Å². The van der Waals surface area contributed by atoms with E-state index in [9.17, 15) is 14.7 Å². The maximum Gasteiger partial charge on any atom is 0.343 e. The first-order valence-corrected chi connectivity index (χ1v) is 7.23. The number of pyridine rings is 1. The van der Waals surface area contributed by atoms with Gasteiger partial charge in [-0.25, -0.2) is 9.78 Å². The molecule has 0 amide bonds. The number of hydrogen-bond acceptors (Lipinski definition) is 5. The van der Waals surface area contributed by atoms with E-state index in [0.717, 1.165) is 5.56 Å². The highest BCUT2D eigenvalue weighted by Crippen LogP contribution is 2.35. The minimum atomic E-state index is -0.655. The van der Waals surface area contributed by atoms with Crippen molar-refractivity contribution in [3.8, 4) is 5.75 Å². The van der Waals surface area contributed by atoms with Gasteiger partial charge in [0.05, 0.1) is 5.56 Å². The van der Waals surface area contributed by atoms with E-state index < -0.39 is 11.5 Å². The third-order valence-electron chi connectivity index (χ3n) is 3.71. The molecule has 5 heteroatoms. The van der Waals surface area contributed by atoms with E-state index in [1.165, 1.54) is 13.1 Å². The highest BCUT2D eigenvalue weighted by atomic mass is 16.4. The molecule has 1 atom stereocenters. The fourth-order valence-electron chi connectivity index (χ4n) is 2.70. The number of rotatable bonds is 4. The molecular formula is C18H15NO4. The molecule has 2 heterocycles. The van der Waals surface area contributed by atoms with E-state index in [1.807, 2.05) is 30.3 Å². The highest BCUT2D eigenvalue weighted by Gasteiger charge is 2.26. The molecule has 23 heavy (non-hydrogen) atoms. The molecule has 0 radical (unpaired) electrons. The number of ketones is 1. The van der Waals surface area contributed by atoms with Crippen LogP contribution >= 0.6 is 0 Å². The Morgan fingerprint density at radius 1 is 1.22 bits per heavy atom. The van der Waals surface area contributed by atoms with Gasteiger partial charge in [-0.05, 0) is 24.6 Å². The molecule has 1 N–H and O–H groups in total. The molecule has 3 aromatic rings. The van der Waals surface area contributed by atoms with Gasteiger partial charge in [-0.2, -0.15) is 0 Å². The number of carbonyl (C=O) groups excluding carboxylic acids is 1. The van der Waals surface area contributed by atoms with Crippen LogP contribution in [0, 0.1) is 0 Å². The van der Waals surface area contributed by atoms with Crippen molar-refractivity contribution in [2.75, 3.05) is 0 Å². The van der Waals surface area contributed by atoms with Crippen LogP contribution in [-0.2, 0) is 4.79 Å². The minimum absolute atomic E-state index is 0.0672. The van der Waals surface area contributed by atoms with Crippen LogP contribution in [0.2, 0.25) is 0 Å². The summed E-state index contributed by atoms with van der Waals surface area (Å²) in [6, 6.07) is 12.3. The molecule has 0 fully saturated rings. The Hall–Kier alpha value is -2.95. The van der Waals surface area contributed by atoms with E-state index >= 15 is 0 Å². The summed E-state index contributed by atoms with van der Waals surface area (Å²) in [5.41, 5.74) is 0.608. The Kier molecular flexibility index (Phi) is 3.93. The smallest absolute Gasteiger partial charge is 0.343 e. The summed E-state index contributed by atoms with van der Waals surface area (Å²) in [4.78, 5) is 28.1. The van der Waals surface area contributed by atoms with Crippen LogP contribution in [-0.4, -0.2) is 15.9 Å². The van der Waals surface area contributed by atoms with Gasteiger partial charge in [0.25, 0.3) is 0 Å². The van der Waals surface area contributed by atoms with Gasteiger partial charge < -0.3 is 9.52 Å². The number of benzene rings is 1. The molecule has 116 valence electrons. The summed E-state index contributed by atoms with van der Waals surface area (Å²) in [5, 5.41) is 10.5. The normalized spacial score (nSPS) is 12.2. The molecule has 0 aliphatic carbocycles. The standard InChI is InChI=1S/C18H15NO4/c1-11(20)10-13(12-6-3-2-4-7-12)15-17(21)16-14(23-18(15)22)8-5-9-19-16/h2-9,13,21H,10H2,1H3/t13-/m1/s1. The summed E-state index contributed by atoms with van der Waals surface area (Å²) in [6.45, 7) is 1.45. The maximum absolute atomic E-state index is 12.4. The Bertz CT molecular complexity index is 915. The molecule has 0 aliphatic rings. The van der Waals surface area contributed by atoms with Crippen LogP contribution in [0.15, 0.2) is 57.9 Å². The van der Waals surface area contributed by atoms with E-state index in [-0.39, 0.29) is 34.6 Å². The second-order valence-electron chi connectivity index (χ2n) is 5.37. The molecule has 3 rings (SSSR count). The average molecular weight is 309 g/mol. The molecule has 5 nitrogen and oxygen atoms in total. The lowest BCUT2D eigenvalue weighted by Gasteiger charge is -2.17. The van der Waals surface area contributed by atoms with Crippen molar-refractivity contribution in [3.05, 3.63) is 70.2 Å². The van der Waals surface area contributed by atoms with E-state index in [2.05, 4.69) is 4.98 Å². The summed E-state index contributed by atoms with van der Waals surface area (Å²) in [7, 11) is 0. The fourth-order valence-corrected chi connectivity index (χ4v) is 2.70. The number of aromatic hydroxyl groups is 1. The van der Waals surface area contributed by atoms with Gasteiger partial charge in [-0.3, -0.25) is 4.79 Å². The van der Waals surface area contributed by atoms with Crippen molar-refractivity contribution < 1.29 is 14.3 Å². The monoisotopic (exact) mass is 309 g/mol. The molecule has 0 saturated heterocycles. The van der Waals surface area contributed by atoms with E-state index in [0.29, 0.717) is 0 Å². The molecule has 0 bridgehead atoms. The Labute approximate surface area is 132 Å². The zero-order valence-electron chi connectivity index (χ0n) is 12.5. The van der Waals surface area contributed by atoms with Crippen LogP contribution in [0.5, 0.6) is 5.75 Å². The first-order chi connectivity index (χ1) is 11.1. The predicted molar refractivity (Wildman–Crippen MR) is 85.5 cm³/mol. The Balaban J connectivity index is 2.26. The molecule has 2 aromatic heterocycles. The molecule has 1 aromatic carbocycles. The van der Waals surface area contributed by atoms with Crippen LogP contribution in [0.3, 0.4) is 0 Å². The Morgan fingerprint density at radius 2 is 1.96 bits per heavy atom. The summed E-state index contributed by atoms with van der Waals surface area (Å²) in [5.74, 6) is -0.887. The van der Waals surface area contributed by atoms with E-state index in [1.54, 1.807) is 12.1 Å². The van der Waals surface area contributed by atoms with Gasteiger partial charge >= 0.3 is 5.63 Å². The first kappa shape index (κ1) is 15.0. The van der Waals surface area contributed by atoms with Gasteiger partial charge in [-0.1, -0.05) is 30.3 Å². The predicted octanol–water partition coefficient (Wildman–Crippen LogP) is 3.00. The number of hydrogen-bond donors (Lipinski definition) is 1. The summed E-state index contributed by atoms with van der Waals surface area (Å²) >= 11 is 0. The average Bonchev–Trinajstić information content (AvgIpc) is 2.54. The number of Topliss-reactive ketones (excluding diaryl/α,β-unsaturated/α-hetero) is 1. The number of aromatic nitrogens is 1. The SMILES string of the molecule is CC(=O)C[C@H](c1ccccc1)c1c(O)c2ncccc2oc1=O. The third kappa shape index (κ3) is 2.85. The van der Waals surface area contributed by atoms with Gasteiger partial charge in [-0.15, -0.1) is 0 Å². The van der Waals surface area contributed by atoms with Crippen molar-refractivity contribution in [2.45, 2.75) is 19.3 Å². The lowest BCUT2D eigenvalue weighted by atomic mass is 9.87. The zero-order chi connectivity index (χ0) is 16.4. The fraction of sp³-hybridized carbons (Fsp3) is 0.167. The molecular weight excluding hydrogens is 294 g/mol. The lowest BCUT2D eigenvalue weighted by molar-refractivity contribution is -0.117. The first-order valence-electron chi connectivity index (χ1n) is 7.23. The maximum atomic E-state index is 12.4. The van der Waals surface area contributed by atoms with Crippen molar-refractivity contribution in [1.29, 1.82) is 0 Å². The quantitative estimate of drug-likeness (QED) is 0.801. The van der Waals surface area contributed by atoms with Gasteiger partial charge in [0, 0.05) is 18.5 Å². The zero-order valence-corrected chi connectivity index (χ0v) is 12.5. The van der Waals surface area contributed by atoms with Gasteiger partial charge in [0.1, 0.15) is 11.3 Å². The van der Waals surface area contributed by atoms with Crippen molar-refractivity contribution in [3.63, 3.8) is 0 Å². The minimum Gasteiger partial charge on any atom is -0.505 e. The van der Waals surface area contributed by atoms with E-state index in [4.69, 9.17) is 4.42 Å². The molecule has 0 aliphatic heterocycles. The molecule has 0 spiro atoms. The summed E-state index contributed by atoms with van der Waals surface area (Å²) in [6.07, 6.45) is 1.61. The van der Waals surface area contributed by atoms with Crippen molar-refractivity contribution >= 4 is 16.9 Å². The largest absolute Gasteiger partial charge is 0.505 e.